The molecule has 1 fully saturated rings. The van der Waals surface area contributed by atoms with Gasteiger partial charge in [-0.3, -0.25) is 0 Å². The fourth-order valence-corrected chi connectivity index (χ4v) is 2.37. The Morgan fingerprint density at radius 1 is 1.33 bits per heavy atom. The van der Waals surface area contributed by atoms with E-state index in [-0.39, 0.29) is 6.09 Å². The van der Waals surface area contributed by atoms with Crippen molar-refractivity contribution in [2.45, 2.75) is 65.5 Å². The summed E-state index contributed by atoms with van der Waals surface area (Å²) in [5.74, 6) is 0. The fraction of sp³-hybridized carbons (Fsp3) is 0.929. The first-order valence-electron chi connectivity index (χ1n) is 6.88. The Bertz CT molecular complexity index is 282. The molecular weight excluding hydrogens is 228 g/mol. The van der Waals surface area contributed by atoms with Gasteiger partial charge in [0, 0.05) is 19.1 Å². The third kappa shape index (κ3) is 6.24. The standard InChI is InChI=1S/C14H28N2O2/c1-13(2,3)18-12(17)16-9-8-15-11-6-7-14(4,5)10-11/h11,15H,6-10H2,1-5H3,(H,16,17). The zero-order chi connectivity index (χ0) is 13.8. The summed E-state index contributed by atoms with van der Waals surface area (Å²) in [7, 11) is 0. The quantitative estimate of drug-likeness (QED) is 0.760. The highest BCUT2D eigenvalue weighted by atomic mass is 16.6. The first-order valence-corrected chi connectivity index (χ1v) is 6.88. The maximum Gasteiger partial charge on any atom is 0.407 e. The second-order valence-electron chi connectivity index (χ2n) is 6.99. The predicted molar refractivity (Wildman–Crippen MR) is 73.7 cm³/mol. The van der Waals surface area contributed by atoms with Crippen molar-refractivity contribution >= 4 is 6.09 Å². The molecule has 1 saturated carbocycles. The lowest BCUT2D eigenvalue weighted by molar-refractivity contribution is 0.0528. The smallest absolute Gasteiger partial charge is 0.407 e. The molecule has 0 saturated heterocycles. The van der Waals surface area contributed by atoms with Crippen LogP contribution in [-0.2, 0) is 4.74 Å². The third-order valence-electron chi connectivity index (χ3n) is 3.19. The molecule has 0 aromatic heterocycles. The van der Waals surface area contributed by atoms with Crippen LogP contribution in [0, 0.1) is 5.41 Å². The van der Waals surface area contributed by atoms with Crippen LogP contribution in [0.3, 0.4) is 0 Å². The summed E-state index contributed by atoms with van der Waals surface area (Å²) >= 11 is 0. The number of nitrogens with one attached hydrogen (secondary N) is 2. The zero-order valence-corrected chi connectivity index (χ0v) is 12.4. The molecule has 1 rings (SSSR count). The van der Waals surface area contributed by atoms with E-state index in [4.69, 9.17) is 4.74 Å². The average Bonchev–Trinajstić information content (AvgIpc) is 2.50. The van der Waals surface area contributed by atoms with Crippen molar-refractivity contribution in [3.8, 4) is 0 Å². The van der Waals surface area contributed by atoms with Crippen LogP contribution >= 0.6 is 0 Å². The van der Waals surface area contributed by atoms with E-state index in [2.05, 4.69) is 24.5 Å². The Morgan fingerprint density at radius 2 is 2.00 bits per heavy atom. The number of amides is 1. The van der Waals surface area contributed by atoms with Gasteiger partial charge in [0.2, 0.25) is 0 Å². The summed E-state index contributed by atoms with van der Waals surface area (Å²) in [5.41, 5.74) is 0.0449. The third-order valence-corrected chi connectivity index (χ3v) is 3.19. The van der Waals surface area contributed by atoms with E-state index in [1.165, 1.54) is 19.3 Å². The molecule has 18 heavy (non-hydrogen) atoms. The number of hydrogen-bond donors (Lipinski definition) is 2. The van der Waals surface area contributed by atoms with Gasteiger partial charge in [-0.05, 0) is 45.4 Å². The minimum absolute atomic E-state index is 0.337. The van der Waals surface area contributed by atoms with Crippen molar-refractivity contribution in [2.24, 2.45) is 5.41 Å². The maximum absolute atomic E-state index is 11.4. The minimum Gasteiger partial charge on any atom is -0.444 e. The van der Waals surface area contributed by atoms with Crippen LogP contribution < -0.4 is 10.6 Å². The lowest BCUT2D eigenvalue weighted by atomic mass is 9.92. The van der Waals surface area contributed by atoms with Gasteiger partial charge in [-0.25, -0.2) is 4.79 Å². The molecule has 106 valence electrons. The van der Waals surface area contributed by atoms with Crippen LogP contribution in [0.2, 0.25) is 0 Å². The second-order valence-corrected chi connectivity index (χ2v) is 6.99. The van der Waals surface area contributed by atoms with E-state index in [1.807, 2.05) is 20.8 Å². The number of ether oxygens (including phenoxy) is 1. The van der Waals surface area contributed by atoms with Gasteiger partial charge < -0.3 is 15.4 Å². The molecule has 1 aliphatic rings. The van der Waals surface area contributed by atoms with Crippen molar-refractivity contribution in [3.05, 3.63) is 0 Å². The first kappa shape index (κ1) is 15.3. The molecule has 2 N–H and O–H groups in total. The molecule has 0 aromatic rings. The Morgan fingerprint density at radius 3 is 2.50 bits per heavy atom. The molecule has 4 heteroatoms. The highest BCUT2D eigenvalue weighted by Gasteiger charge is 2.30. The minimum atomic E-state index is -0.424. The van der Waals surface area contributed by atoms with E-state index in [0.717, 1.165) is 6.54 Å². The Balaban J connectivity index is 2.07. The Labute approximate surface area is 111 Å². The molecule has 4 nitrogen and oxygen atoms in total. The van der Waals surface area contributed by atoms with E-state index in [9.17, 15) is 4.79 Å². The van der Waals surface area contributed by atoms with Crippen molar-refractivity contribution in [1.29, 1.82) is 0 Å². The molecule has 1 atom stereocenters. The summed E-state index contributed by atoms with van der Waals surface area (Å²) in [4.78, 5) is 11.4. The summed E-state index contributed by atoms with van der Waals surface area (Å²) in [6, 6.07) is 0.598. The highest BCUT2D eigenvalue weighted by molar-refractivity contribution is 5.67. The summed E-state index contributed by atoms with van der Waals surface area (Å²) in [5, 5.41) is 6.25. The van der Waals surface area contributed by atoms with Crippen LogP contribution in [0.25, 0.3) is 0 Å². The van der Waals surface area contributed by atoms with Crippen molar-refractivity contribution in [3.63, 3.8) is 0 Å². The van der Waals surface area contributed by atoms with Crippen LogP contribution in [0.4, 0.5) is 4.79 Å². The number of hydrogen-bond acceptors (Lipinski definition) is 3. The molecule has 0 aliphatic heterocycles. The van der Waals surface area contributed by atoms with Gasteiger partial charge in [0.15, 0.2) is 0 Å². The first-order chi connectivity index (χ1) is 8.18. The molecule has 1 aliphatic carbocycles. The average molecular weight is 256 g/mol. The summed E-state index contributed by atoms with van der Waals surface area (Å²) < 4.78 is 5.17. The predicted octanol–water partition coefficient (Wildman–Crippen LogP) is 2.68. The number of carbonyl (C=O) groups is 1. The number of rotatable bonds is 4. The summed E-state index contributed by atoms with van der Waals surface area (Å²) in [6.45, 7) is 11.6. The fourth-order valence-electron chi connectivity index (χ4n) is 2.37. The highest BCUT2D eigenvalue weighted by Crippen LogP contribution is 2.36. The zero-order valence-electron chi connectivity index (χ0n) is 12.4. The molecule has 0 bridgehead atoms. The van der Waals surface area contributed by atoms with Crippen molar-refractivity contribution in [1.82, 2.24) is 10.6 Å². The van der Waals surface area contributed by atoms with Crippen LogP contribution in [0.15, 0.2) is 0 Å². The van der Waals surface area contributed by atoms with Gasteiger partial charge in [-0.1, -0.05) is 13.8 Å². The van der Waals surface area contributed by atoms with E-state index >= 15 is 0 Å². The molecule has 0 aromatic carbocycles. The van der Waals surface area contributed by atoms with E-state index in [1.54, 1.807) is 0 Å². The molecule has 0 radical (unpaired) electrons. The molecule has 0 heterocycles. The lowest BCUT2D eigenvalue weighted by Gasteiger charge is -2.20. The second kappa shape index (κ2) is 5.91. The molecule has 1 unspecified atom stereocenters. The van der Waals surface area contributed by atoms with Gasteiger partial charge in [0.05, 0.1) is 0 Å². The van der Waals surface area contributed by atoms with Gasteiger partial charge in [0.1, 0.15) is 5.60 Å². The van der Waals surface area contributed by atoms with Gasteiger partial charge >= 0.3 is 6.09 Å². The van der Waals surface area contributed by atoms with E-state index < -0.39 is 5.60 Å². The topological polar surface area (TPSA) is 50.4 Å². The Kier molecular flexibility index (Phi) is 5.02. The van der Waals surface area contributed by atoms with Gasteiger partial charge in [0.25, 0.3) is 0 Å². The van der Waals surface area contributed by atoms with Crippen molar-refractivity contribution < 1.29 is 9.53 Å². The molecular formula is C14H28N2O2. The van der Waals surface area contributed by atoms with E-state index in [0.29, 0.717) is 18.0 Å². The van der Waals surface area contributed by atoms with Crippen molar-refractivity contribution in [2.75, 3.05) is 13.1 Å². The van der Waals surface area contributed by atoms with Gasteiger partial charge in [-0.15, -0.1) is 0 Å². The number of carbonyl (C=O) groups excluding carboxylic acids is 1. The normalized spacial score (nSPS) is 22.8. The van der Waals surface area contributed by atoms with Gasteiger partial charge in [-0.2, -0.15) is 0 Å². The Hall–Kier alpha value is -0.770. The van der Waals surface area contributed by atoms with Crippen LogP contribution in [0.1, 0.15) is 53.9 Å². The summed E-state index contributed by atoms with van der Waals surface area (Å²) in [6.07, 6.45) is 3.40. The molecule has 1 amide bonds. The molecule has 0 spiro atoms. The SMILES string of the molecule is CC1(C)CCC(NCCNC(=O)OC(C)(C)C)C1. The maximum atomic E-state index is 11.4. The van der Waals surface area contributed by atoms with Crippen LogP contribution in [0.5, 0.6) is 0 Å². The largest absolute Gasteiger partial charge is 0.444 e. The number of alkyl carbamates (subject to hydrolysis) is 1. The van der Waals surface area contributed by atoms with Crippen LogP contribution in [-0.4, -0.2) is 30.8 Å². The monoisotopic (exact) mass is 256 g/mol. The lowest BCUT2D eigenvalue weighted by Crippen LogP contribution is -2.38.